The molecule has 3 heterocycles. The highest BCUT2D eigenvalue weighted by atomic mass is 16.4. The van der Waals surface area contributed by atoms with Crippen LogP contribution in [0.1, 0.15) is 58.6 Å². The molecule has 2 atom stereocenters. The van der Waals surface area contributed by atoms with Gasteiger partial charge in [-0.25, -0.2) is 4.98 Å². The van der Waals surface area contributed by atoms with Crippen LogP contribution in [0.25, 0.3) is 0 Å². The van der Waals surface area contributed by atoms with E-state index in [2.05, 4.69) is 20.2 Å². The first-order valence-electron chi connectivity index (χ1n) is 8.82. The zero-order valence-electron chi connectivity index (χ0n) is 15.2. The lowest BCUT2D eigenvalue weighted by Gasteiger charge is -2.24. The van der Waals surface area contributed by atoms with Crippen LogP contribution in [0.2, 0.25) is 0 Å². The molecule has 0 unspecified atom stereocenters. The maximum absolute atomic E-state index is 13.1. The van der Waals surface area contributed by atoms with Gasteiger partial charge in [0.05, 0.1) is 22.5 Å². The van der Waals surface area contributed by atoms with E-state index in [1.165, 1.54) is 0 Å². The third-order valence-corrected chi connectivity index (χ3v) is 5.79. The van der Waals surface area contributed by atoms with E-state index in [0.29, 0.717) is 42.2 Å². The van der Waals surface area contributed by atoms with E-state index < -0.39 is 0 Å². The van der Waals surface area contributed by atoms with Gasteiger partial charge in [0.2, 0.25) is 11.8 Å². The lowest BCUT2D eigenvalue weighted by atomic mass is 9.80. The molecule has 2 fully saturated rings. The van der Waals surface area contributed by atoms with Gasteiger partial charge in [-0.15, -0.1) is 10.2 Å². The van der Waals surface area contributed by atoms with E-state index in [-0.39, 0.29) is 11.3 Å². The van der Waals surface area contributed by atoms with Crippen molar-refractivity contribution in [3.05, 3.63) is 34.6 Å². The van der Waals surface area contributed by atoms with Crippen molar-refractivity contribution in [3.8, 4) is 0 Å². The van der Waals surface area contributed by atoms with Crippen molar-refractivity contribution in [2.24, 2.45) is 5.92 Å². The Kier molecular flexibility index (Phi) is 3.63. The van der Waals surface area contributed by atoms with Crippen molar-refractivity contribution in [1.82, 2.24) is 25.1 Å². The van der Waals surface area contributed by atoms with Crippen LogP contribution >= 0.6 is 0 Å². The summed E-state index contributed by atoms with van der Waals surface area (Å²) in [6.45, 7) is 8.79. The second-order valence-electron chi connectivity index (χ2n) is 7.39. The first-order chi connectivity index (χ1) is 11.9. The Balaban J connectivity index is 1.65. The lowest BCUT2D eigenvalue weighted by Crippen LogP contribution is -2.35. The van der Waals surface area contributed by atoms with E-state index in [1.54, 1.807) is 0 Å². The maximum atomic E-state index is 13.1. The highest BCUT2D eigenvalue weighted by Crippen LogP contribution is 2.50. The Labute approximate surface area is 146 Å². The van der Waals surface area contributed by atoms with Crippen LogP contribution < -0.4 is 0 Å². The molecule has 7 nitrogen and oxygen atoms in total. The Morgan fingerprint density at radius 2 is 1.88 bits per heavy atom. The van der Waals surface area contributed by atoms with E-state index in [1.807, 2.05) is 32.6 Å². The standard InChI is InChI=1S/C18H23N5O2/c1-10-11(2)20-15(12(3)19-10)16(24)23-8-14-6-5-7-18(14,9-23)17-22-21-13(4)25-17/h14H,5-9H2,1-4H3/t14-,18-/m0/s1. The average Bonchev–Trinajstić information content (AvgIpc) is 3.23. The van der Waals surface area contributed by atoms with Gasteiger partial charge >= 0.3 is 0 Å². The summed E-state index contributed by atoms with van der Waals surface area (Å²) in [6, 6.07) is 0. The number of hydrogen-bond acceptors (Lipinski definition) is 6. The second kappa shape index (κ2) is 5.61. The molecule has 2 aromatic heterocycles. The SMILES string of the molecule is Cc1nnc([C@]23CCC[C@H]2CN(C(=O)c2nc(C)c(C)nc2C)C3)o1. The fourth-order valence-corrected chi connectivity index (χ4v) is 4.36. The first kappa shape index (κ1) is 16.2. The van der Waals surface area contributed by atoms with Gasteiger partial charge in [0, 0.05) is 20.0 Å². The fourth-order valence-electron chi connectivity index (χ4n) is 4.36. The number of carbonyl (C=O) groups is 1. The number of fused-ring (bicyclic) bond motifs is 1. The highest BCUT2D eigenvalue weighted by molar-refractivity contribution is 5.93. The predicted octanol–water partition coefficient (Wildman–Crippen LogP) is 2.29. The number of rotatable bonds is 2. The molecule has 0 aromatic carbocycles. The van der Waals surface area contributed by atoms with Crippen LogP contribution in [0.15, 0.2) is 4.42 Å². The predicted molar refractivity (Wildman–Crippen MR) is 90.2 cm³/mol. The summed E-state index contributed by atoms with van der Waals surface area (Å²) in [5.74, 6) is 1.59. The molecule has 25 heavy (non-hydrogen) atoms. The van der Waals surface area contributed by atoms with Gasteiger partial charge in [0.25, 0.3) is 5.91 Å². The van der Waals surface area contributed by atoms with Gasteiger partial charge in [0.1, 0.15) is 5.69 Å². The smallest absolute Gasteiger partial charge is 0.274 e. The fraction of sp³-hybridized carbons (Fsp3) is 0.611. The van der Waals surface area contributed by atoms with Gasteiger partial charge in [0.15, 0.2) is 0 Å². The molecule has 132 valence electrons. The number of aryl methyl sites for hydroxylation is 4. The van der Waals surface area contributed by atoms with Crippen molar-refractivity contribution in [2.45, 2.75) is 52.4 Å². The minimum Gasteiger partial charge on any atom is -0.425 e. The molecule has 1 aliphatic heterocycles. The molecule has 4 rings (SSSR count). The van der Waals surface area contributed by atoms with E-state index in [9.17, 15) is 4.79 Å². The number of amides is 1. The minimum atomic E-state index is -0.196. The van der Waals surface area contributed by atoms with Crippen LogP contribution in [-0.2, 0) is 5.41 Å². The Morgan fingerprint density at radius 3 is 2.60 bits per heavy atom. The van der Waals surface area contributed by atoms with E-state index in [4.69, 9.17) is 4.42 Å². The summed E-state index contributed by atoms with van der Waals surface area (Å²) < 4.78 is 5.78. The van der Waals surface area contributed by atoms with E-state index >= 15 is 0 Å². The summed E-state index contributed by atoms with van der Waals surface area (Å²) >= 11 is 0. The monoisotopic (exact) mass is 341 g/mol. The number of hydrogen-bond donors (Lipinski definition) is 0. The van der Waals surface area contributed by atoms with Crippen LogP contribution in [0.3, 0.4) is 0 Å². The second-order valence-corrected chi connectivity index (χ2v) is 7.39. The third-order valence-electron chi connectivity index (χ3n) is 5.79. The maximum Gasteiger partial charge on any atom is 0.274 e. The summed E-state index contributed by atoms with van der Waals surface area (Å²) in [5, 5.41) is 8.30. The van der Waals surface area contributed by atoms with Crippen LogP contribution in [0.4, 0.5) is 0 Å². The van der Waals surface area contributed by atoms with Crippen molar-refractivity contribution in [2.75, 3.05) is 13.1 Å². The number of carbonyl (C=O) groups excluding carboxylic acids is 1. The van der Waals surface area contributed by atoms with Crippen molar-refractivity contribution >= 4 is 5.91 Å². The average molecular weight is 341 g/mol. The quantitative estimate of drug-likeness (QED) is 0.833. The number of nitrogens with zero attached hydrogens (tertiary/aromatic N) is 5. The van der Waals surface area contributed by atoms with Crippen LogP contribution in [-0.4, -0.2) is 44.1 Å². The summed E-state index contributed by atoms with van der Waals surface area (Å²) in [4.78, 5) is 24.0. The molecule has 0 spiro atoms. The number of aromatic nitrogens is 4. The summed E-state index contributed by atoms with van der Waals surface area (Å²) in [6.07, 6.45) is 3.21. The molecular weight excluding hydrogens is 318 g/mol. The number of likely N-dealkylation sites (tertiary alicyclic amines) is 1. The molecule has 0 radical (unpaired) electrons. The Bertz CT molecular complexity index is 846. The molecular formula is C18H23N5O2. The molecule has 1 aliphatic carbocycles. The largest absolute Gasteiger partial charge is 0.425 e. The summed E-state index contributed by atoms with van der Waals surface area (Å²) in [7, 11) is 0. The topological polar surface area (TPSA) is 85.0 Å². The van der Waals surface area contributed by atoms with Crippen molar-refractivity contribution in [1.29, 1.82) is 0 Å². The highest BCUT2D eigenvalue weighted by Gasteiger charge is 2.55. The van der Waals surface area contributed by atoms with Gasteiger partial charge in [-0.05, 0) is 39.5 Å². The molecule has 1 amide bonds. The Hall–Kier alpha value is -2.31. The van der Waals surface area contributed by atoms with Gasteiger partial charge in [-0.1, -0.05) is 6.42 Å². The molecule has 0 N–H and O–H groups in total. The minimum absolute atomic E-state index is 0.0434. The van der Waals surface area contributed by atoms with E-state index in [0.717, 1.165) is 30.7 Å². The first-order valence-corrected chi connectivity index (χ1v) is 8.82. The molecule has 0 bridgehead atoms. The molecule has 2 aromatic rings. The van der Waals surface area contributed by atoms with Gasteiger partial charge in [-0.3, -0.25) is 9.78 Å². The van der Waals surface area contributed by atoms with Crippen LogP contribution in [0.5, 0.6) is 0 Å². The van der Waals surface area contributed by atoms with Gasteiger partial charge in [-0.2, -0.15) is 0 Å². The van der Waals surface area contributed by atoms with Crippen molar-refractivity contribution in [3.63, 3.8) is 0 Å². The Morgan fingerprint density at radius 1 is 1.12 bits per heavy atom. The molecule has 1 saturated carbocycles. The van der Waals surface area contributed by atoms with Crippen molar-refractivity contribution < 1.29 is 9.21 Å². The molecule has 1 saturated heterocycles. The van der Waals surface area contributed by atoms with Crippen LogP contribution in [0, 0.1) is 33.6 Å². The van der Waals surface area contributed by atoms with Gasteiger partial charge < -0.3 is 9.32 Å². The third kappa shape index (κ3) is 2.44. The summed E-state index contributed by atoms with van der Waals surface area (Å²) in [5.41, 5.74) is 2.62. The molecule has 2 aliphatic rings. The normalized spacial score (nSPS) is 25.4. The molecule has 7 heteroatoms. The zero-order chi connectivity index (χ0) is 17.8. The zero-order valence-corrected chi connectivity index (χ0v) is 15.2. The lowest BCUT2D eigenvalue weighted by molar-refractivity contribution is 0.0768.